The molecule has 0 atom stereocenters. The zero-order chi connectivity index (χ0) is 20.9. The summed E-state index contributed by atoms with van der Waals surface area (Å²) in [7, 11) is 1.59. The average Bonchev–Trinajstić information content (AvgIpc) is 3.22. The number of carbonyl (C=O) groups excluding carboxylic acids is 1. The van der Waals surface area contributed by atoms with Crippen LogP contribution in [0.15, 0.2) is 84.0 Å². The summed E-state index contributed by atoms with van der Waals surface area (Å²) in [6.07, 6.45) is 0. The molecule has 1 N–H and O–H groups in total. The molecular formula is C23H19N3O3S. The van der Waals surface area contributed by atoms with Gasteiger partial charge in [-0.1, -0.05) is 30.0 Å². The number of methoxy groups -OCH3 is 1. The molecule has 0 saturated heterocycles. The summed E-state index contributed by atoms with van der Waals surface area (Å²) >= 11 is 1.33. The van der Waals surface area contributed by atoms with Gasteiger partial charge < -0.3 is 9.84 Å². The fourth-order valence-corrected chi connectivity index (χ4v) is 3.81. The van der Waals surface area contributed by atoms with Crippen molar-refractivity contribution in [2.24, 2.45) is 0 Å². The molecule has 0 unspecified atom stereocenters. The summed E-state index contributed by atoms with van der Waals surface area (Å²) < 4.78 is 7.06. The van der Waals surface area contributed by atoms with Crippen molar-refractivity contribution in [1.82, 2.24) is 14.8 Å². The number of hydrogen-bond donors (Lipinski definition) is 1. The molecule has 6 nitrogen and oxygen atoms in total. The van der Waals surface area contributed by atoms with Gasteiger partial charge in [-0.05, 0) is 60.7 Å². The van der Waals surface area contributed by atoms with Gasteiger partial charge in [-0.2, -0.15) is 0 Å². The molecule has 0 aliphatic carbocycles. The fraction of sp³-hybridized carbons (Fsp3) is 0.0870. The zero-order valence-electron chi connectivity index (χ0n) is 16.2. The standard InChI is InChI=1S/C23H19N3O3S/c1-29-20-13-9-16(10-14-20)21(28)15-30-23-25-24-22(17-7-11-19(27)12-8-17)26(23)18-5-3-2-4-6-18/h2-14,27H,15H2,1H3. The van der Waals surface area contributed by atoms with Crippen LogP contribution >= 0.6 is 11.8 Å². The lowest BCUT2D eigenvalue weighted by atomic mass is 10.1. The number of hydrogen-bond acceptors (Lipinski definition) is 6. The third-order valence-corrected chi connectivity index (χ3v) is 5.45. The van der Waals surface area contributed by atoms with Crippen molar-refractivity contribution in [3.63, 3.8) is 0 Å². The molecule has 0 saturated carbocycles. The highest BCUT2D eigenvalue weighted by Crippen LogP contribution is 2.29. The van der Waals surface area contributed by atoms with E-state index in [9.17, 15) is 9.90 Å². The molecule has 0 bridgehead atoms. The molecule has 7 heteroatoms. The minimum absolute atomic E-state index is 0.00329. The second-order valence-corrected chi connectivity index (χ2v) is 7.41. The van der Waals surface area contributed by atoms with E-state index < -0.39 is 0 Å². The summed E-state index contributed by atoms with van der Waals surface area (Å²) in [6.45, 7) is 0. The number of rotatable bonds is 7. The van der Waals surface area contributed by atoms with Crippen molar-refractivity contribution < 1.29 is 14.6 Å². The van der Waals surface area contributed by atoms with Crippen LogP contribution in [0.3, 0.4) is 0 Å². The van der Waals surface area contributed by atoms with Gasteiger partial charge in [0.2, 0.25) is 0 Å². The van der Waals surface area contributed by atoms with E-state index in [0.717, 1.165) is 11.3 Å². The number of para-hydroxylation sites is 1. The first-order valence-corrected chi connectivity index (χ1v) is 10.2. The molecule has 150 valence electrons. The van der Waals surface area contributed by atoms with Crippen LogP contribution in [0.1, 0.15) is 10.4 Å². The molecule has 1 aromatic heterocycles. The Labute approximate surface area is 178 Å². The minimum Gasteiger partial charge on any atom is -0.508 e. The number of carbonyl (C=O) groups is 1. The van der Waals surface area contributed by atoms with E-state index in [4.69, 9.17) is 4.74 Å². The first-order valence-electron chi connectivity index (χ1n) is 9.26. The molecule has 0 amide bonds. The van der Waals surface area contributed by atoms with Crippen LogP contribution in [0.4, 0.5) is 0 Å². The lowest BCUT2D eigenvalue weighted by molar-refractivity contribution is 0.102. The van der Waals surface area contributed by atoms with Gasteiger partial charge in [0.15, 0.2) is 16.8 Å². The number of nitrogens with zero attached hydrogens (tertiary/aromatic N) is 3. The van der Waals surface area contributed by atoms with Gasteiger partial charge in [0.25, 0.3) is 0 Å². The summed E-state index contributed by atoms with van der Waals surface area (Å²) in [6, 6.07) is 23.6. The molecule has 0 fully saturated rings. The lowest BCUT2D eigenvalue weighted by Crippen LogP contribution is -2.05. The number of Topliss-reactive ketones (excluding diaryl/α,β-unsaturated/α-hetero) is 1. The third-order valence-electron chi connectivity index (χ3n) is 4.52. The van der Waals surface area contributed by atoms with E-state index >= 15 is 0 Å². The highest BCUT2D eigenvalue weighted by Gasteiger charge is 2.17. The van der Waals surface area contributed by atoms with E-state index in [1.807, 2.05) is 34.9 Å². The number of phenolic OH excluding ortho intramolecular Hbond substituents is 1. The second kappa shape index (κ2) is 8.84. The Morgan fingerprint density at radius 1 is 0.967 bits per heavy atom. The Morgan fingerprint density at radius 3 is 2.33 bits per heavy atom. The first-order chi connectivity index (χ1) is 14.7. The van der Waals surface area contributed by atoms with E-state index in [1.165, 1.54) is 11.8 Å². The number of aromatic hydroxyl groups is 1. The smallest absolute Gasteiger partial charge is 0.196 e. The van der Waals surface area contributed by atoms with Gasteiger partial charge in [-0.3, -0.25) is 9.36 Å². The predicted molar refractivity (Wildman–Crippen MR) is 117 cm³/mol. The zero-order valence-corrected chi connectivity index (χ0v) is 17.0. The van der Waals surface area contributed by atoms with Gasteiger partial charge in [-0.25, -0.2) is 0 Å². The van der Waals surface area contributed by atoms with Crippen molar-refractivity contribution in [2.45, 2.75) is 5.16 Å². The molecule has 0 aliphatic rings. The van der Waals surface area contributed by atoms with Crippen LogP contribution < -0.4 is 4.74 Å². The number of ether oxygens (including phenoxy) is 1. The highest BCUT2D eigenvalue weighted by molar-refractivity contribution is 7.99. The molecule has 4 rings (SSSR count). The number of phenols is 1. The normalized spacial score (nSPS) is 10.7. The summed E-state index contributed by atoms with van der Waals surface area (Å²) in [4.78, 5) is 12.6. The Morgan fingerprint density at radius 2 is 1.67 bits per heavy atom. The summed E-state index contributed by atoms with van der Waals surface area (Å²) in [5.74, 6) is 1.76. The Hall–Kier alpha value is -3.58. The molecule has 4 aromatic rings. The lowest BCUT2D eigenvalue weighted by Gasteiger charge is -2.10. The first kappa shape index (κ1) is 19.7. The van der Waals surface area contributed by atoms with Crippen LogP contribution in [0.25, 0.3) is 17.1 Å². The molecular weight excluding hydrogens is 398 g/mol. The van der Waals surface area contributed by atoms with Crippen LogP contribution in [-0.2, 0) is 0 Å². The topological polar surface area (TPSA) is 77.2 Å². The monoisotopic (exact) mass is 417 g/mol. The number of benzene rings is 3. The summed E-state index contributed by atoms with van der Waals surface area (Å²) in [5.41, 5.74) is 2.33. The van der Waals surface area contributed by atoms with Gasteiger partial charge in [-0.15, -0.1) is 10.2 Å². The van der Waals surface area contributed by atoms with Gasteiger partial charge in [0.1, 0.15) is 11.5 Å². The van der Waals surface area contributed by atoms with Crippen molar-refractivity contribution in [1.29, 1.82) is 0 Å². The molecule has 1 heterocycles. The third kappa shape index (κ3) is 4.21. The number of aromatic nitrogens is 3. The Kier molecular flexibility index (Phi) is 5.81. The molecule has 0 spiro atoms. The van der Waals surface area contributed by atoms with E-state index in [2.05, 4.69) is 10.2 Å². The minimum atomic E-state index is -0.00329. The SMILES string of the molecule is COc1ccc(C(=O)CSc2nnc(-c3ccc(O)cc3)n2-c2ccccc2)cc1. The van der Waals surface area contributed by atoms with Crippen LogP contribution in [-0.4, -0.2) is 38.5 Å². The van der Waals surface area contributed by atoms with E-state index in [-0.39, 0.29) is 17.3 Å². The molecule has 3 aromatic carbocycles. The van der Waals surface area contributed by atoms with Crippen molar-refractivity contribution >= 4 is 17.5 Å². The van der Waals surface area contributed by atoms with E-state index in [0.29, 0.717) is 22.3 Å². The maximum atomic E-state index is 12.6. The maximum absolute atomic E-state index is 12.6. The maximum Gasteiger partial charge on any atom is 0.196 e. The van der Waals surface area contributed by atoms with Crippen molar-refractivity contribution in [3.05, 3.63) is 84.4 Å². The predicted octanol–water partition coefficient (Wildman–Crippen LogP) is 4.62. The Bertz CT molecular complexity index is 1140. The van der Waals surface area contributed by atoms with Crippen LogP contribution in [0.5, 0.6) is 11.5 Å². The van der Waals surface area contributed by atoms with Gasteiger partial charge in [0, 0.05) is 16.8 Å². The van der Waals surface area contributed by atoms with Crippen LogP contribution in [0.2, 0.25) is 0 Å². The molecule has 30 heavy (non-hydrogen) atoms. The van der Waals surface area contributed by atoms with Crippen molar-refractivity contribution in [2.75, 3.05) is 12.9 Å². The van der Waals surface area contributed by atoms with E-state index in [1.54, 1.807) is 55.6 Å². The molecule has 0 radical (unpaired) electrons. The van der Waals surface area contributed by atoms with Gasteiger partial charge in [0.05, 0.1) is 12.9 Å². The summed E-state index contributed by atoms with van der Waals surface area (Å²) in [5, 5.41) is 18.9. The Balaban J connectivity index is 1.62. The largest absolute Gasteiger partial charge is 0.508 e. The number of thioether (sulfide) groups is 1. The second-order valence-electron chi connectivity index (χ2n) is 6.46. The average molecular weight is 417 g/mol. The highest BCUT2D eigenvalue weighted by atomic mass is 32.2. The molecule has 0 aliphatic heterocycles. The van der Waals surface area contributed by atoms with Crippen LogP contribution in [0, 0.1) is 0 Å². The fourth-order valence-electron chi connectivity index (χ4n) is 2.96. The van der Waals surface area contributed by atoms with Gasteiger partial charge >= 0.3 is 0 Å². The number of ketones is 1. The quantitative estimate of drug-likeness (QED) is 0.349. The van der Waals surface area contributed by atoms with Crippen molar-refractivity contribution in [3.8, 4) is 28.6 Å².